The van der Waals surface area contributed by atoms with Crippen LogP contribution < -0.4 is 5.73 Å². The van der Waals surface area contributed by atoms with Gasteiger partial charge in [-0.25, -0.2) is 0 Å². The monoisotopic (exact) mass is 571 g/mol. The number of nitrogens with two attached hydrogens (primary N) is 1. The van der Waals surface area contributed by atoms with E-state index in [1.165, 1.54) is 53.9 Å². The fourth-order valence-electron chi connectivity index (χ4n) is 7.52. The van der Waals surface area contributed by atoms with E-state index in [0.29, 0.717) is 5.56 Å². The molecular formula is C43H25NO. The van der Waals surface area contributed by atoms with Gasteiger partial charge in [0.15, 0.2) is 0 Å². The van der Waals surface area contributed by atoms with Crippen LogP contribution in [0.2, 0.25) is 0 Å². The second kappa shape index (κ2) is 8.78. The number of benzene rings is 10. The van der Waals surface area contributed by atoms with Gasteiger partial charge in [-0.15, -0.1) is 0 Å². The van der Waals surface area contributed by atoms with E-state index in [-0.39, 0.29) is 0 Å². The summed E-state index contributed by atoms with van der Waals surface area (Å²) in [6.07, 6.45) is 0. The van der Waals surface area contributed by atoms with Gasteiger partial charge in [0.1, 0.15) is 0 Å². The van der Waals surface area contributed by atoms with Gasteiger partial charge >= 0.3 is 0 Å². The Hall–Kier alpha value is -5.99. The molecule has 0 heterocycles. The van der Waals surface area contributed by atoms with E-state index in [4.69, 9.17) is 5.73 Å². The Morgan fingerprint density at radius 3 is 0.822 bits per heavy atom. The van der Waals surface area contributed by atoms with E-state index in [9.17, 15) is 4.79 Å². The van der Waals surface area contributed by atoms with Crippen molar-refractivity contribution in [3.8, 4) is 0 Å². The number of hydrogen-bond donors (Lipinski definition) is 1. The molecule has 0 fully saturated rings. The van der Waals surface area contributed by atoms with Gasteiger partial charge < -0.3 is 5.73 Å². The molecule has 2 nitrogen and oxygen atoms in total. The topological polar surface area (TPSA) is 43.1 Å². The lowest BCUT2D eigenvalue weighted by Crippen LogP contribution is -2.12. The summed E-state index contributed by atoms with van der Waals surface area (Å²) in [5, 5.41) is 20.4. The van der Waals surface area contributed by atoms with Crippen LogP contribution in [0.5, 0.6) is 0 Å². The molecule has 0 aliphatic carbocycles. The maximum atomic E-state index is 13.1. The van der Waals surface area contributed by atoms with Gasteiger partial charge in [0, 0.05) is 0 Å². The number of carbonyl (C=O) groups excluding carboxylic acids is 1. The van der Waals surface area contributed by atoms with Gasteiger partial charge in [-0.1, -0.05) is 48.5 Å². The maximum absolute atomic E-state index is 13.1. The Morgan fingerprint density at radius 1 is 0.311 bits per heavy atom. The van der Waals surface area contributed by atoms with Gasteiger partial charge in [-0.2, -0.15) is 0 Å². The molecule has 0 radical (unpaired) electrons. The van der Waals surface area contributed by atoms with Crippen LogP contribution in [0.4, 0.5) is 0 Å². The Morgan fingerprint density at radius 2 is 0.533 bits per heavy atom. The highest BCUT2D eigenvalue weighted by Gasteiger charge is 2.15. The molecule has 0 aromatic heterocycles. The lowest BCUT2D eigenvalue weighted by Gasteiger charge is -2.13. The Bertz CT molecular complexity index is 2950. The van der Waals surface area contributed by atoms with Crippen molar-refractivity contribution in [2.75, 3.05) is 0 Å². The van der Waals surface area contributed by atoms with Crippen LogP contribution in [-0.4, -0.2) is 5.91 Å². The number of amides is 1. The molecule has 45 heavy (non-hydrogen) atoms. The van der Waals surface area contributed by atoms with Gasteiger partial charge in [0.05, 0.1) is 5.56 Å². The Balaban J connectivity index is 1.24. The van der Waals surface area contributed by atoms with E-state index in [2.05, 4.69) is 140 Å². The smallest absolute Gasteiger partial charge is 0.249 e. The van der Waals surface area contributed by atoms with Crippen molar-refractivity contribution >= 4 is 103 Å². The van der Waals surface area contributed by atoms with Crippen LogP contribution in [0.25, 0.3) is 97.0 Å². The third-order valence-corrected chi connectivity index (χ3v) is 9.71. The van der Waals surface area contributed by atoms with Crippen molar-refractivity contribution in [1.82, 2.24) is 0 Å². The first-order valence-electron chi connectivity index (χ1n) is 15.3. The van der Waals surface area contributed by atoms with Crippen LogP contribution in [-0.2, 0) is 0 Å². The number of carbonyl (C=O) groups is 1. The molecule has 1 amide bonds. The highest BCUT2D eigenvalue weighted by molar-refractivity contribution is 6.22. The molecular weight excluding hydrogens is 546 g/mol. The van der Waals surface area contributed by atoms with E-state index < -0.39 is 5.91 Å². The van der Waals surface area contributed by atoms with E-state index in [1.54, 1.807) is 0 Å². The number of fused-ring (bicyclic) bond motifs is 9. The first kappa shape index (κ1) is 24.5. The lowest BCUT2D eigenvalue weighted by molar-refractivity contribution is 0.100. The minimum Gasteiger partial charge on any atom is -0.366 e. The maximum Gasteiger partial charge on any atom is 0.249 e. The van der Waals surface area contributed by atoms with Crippen LogP contribution in [0.15, 0.2) is 140 Å². The quantitative estimate of drug-likeness (QED) is 0.196. The fraction of sp³-hybridized carbons (Fsp3) is 0. The molecule has 0 unspecified atom stereocenters. The first-order valence-corrected chi connectivity index (χ1v) is 15.3. The summed E-state index contributed by atoms with van der Waals surface area (Å²) in [6, 6.07) is 50.4. The van der Waals surface area contributed by atoms with E-state index in [0.717, 1.165) is 43.1 Å². The molecule has 0 atom stereocenters. The summed E-state index contributed by atoms with van der Waals surface area (Å²) in [7, 11) is 0. The van der Waals surface area contributed by atoms with Crippen molar-refractivity contribution < 1.29 is 4.79 Å². The molecule has 0 saturated heterocycles. The first-order chi connectivity index (χ1) is 22.0. The lowest BCUT2D eigenvalue weighted by atomic mass is 9.90. The molecule has 2 heteroatoms. The van der Waals surface area contributed by atoms with Crippen LogP contribution in [0, 0.1) is 0 Å². The zero-order valence-corrected chi connectivity index (χ0v) is 24.3. The molecule has 0 bridgehead atoms. The summed E-state index contributed by atoms with van der Waals surface area (Å²) < 4.78 is 0. The van der Waals surface area contributed by atoms with E-state index >= 15 is 0 Å². The van der Waals surface area contributed by atoms with Crippen molar-refractivity contribution in [3.05, 3.63) is 145 Å². The largest absolute Gasteiger partial charge is 0.366 e. The van der Waals surface area contributed by atoms with Gasteiger partial charge in [0.25, 0.3) is 0 Å². The molecule has 10 rings (SSSR count). The summed E-state index contributed by atoms with van der Waals surface area (Å²) in [4.78, 5) is 13.1. The standard InChI is InChI=1S/C43H25NO/c44-43(45)42-40-22-36-17-31-12-27-8-4-3-7-26(27)11-30(31)15-34(36)19-38(40)21-39-20-35-16-32-13-28-9-24-5-1-2-6-25(24)10-29(28)14-33(32)18-37(35)23-41(39)42/h1-23H,(H2,44,45). The Labute approximate surface area is 257 Å². The number of hydrogen-bond acceptors (Lipinski definition) is 1. The molecule has 10 aromatic carbocycles. The molecule has 208 valence electrons. The average molecular weight is 572 g/mol. The molecule has 2 N–H and O–H groups in total. The van der Waals surface area contributed by atoms with Gasteiger partial charge in [0.2, 0.25) is 5.91 Å². The minimum absolute atomic E-state index is 0.408. The molecule has 0 aliphatic heterocycles. The number of rotatable bonds is 1. The molecule has 0 saturated carbocycles. The highest BCUT2D eigenvalue weighted by Crippen LogP contribution is 2.37. The van der Waals surface area contributed by atoms with Crippen LogP contribution in [0.3, 0.4) is 0 Å². The zero-order valence-electron chi connectivity index (χ0n) is 24.3. The van der Waals surface area contributed by atoms with Crippen LogP contribution >= 0.6 is 0 Å². The summed E-state index contributed by atoms with van der Waals surface area (Å²) in [5.41, 5.74) is 6.72. The molecule has 0 aliphatic rings. The average Bonchev–Trinajstić information content (AvgIpc) is 3.04. The second-order valence-corrected chi connectivity index (χ2v) is 12.5. The van der Waals surface area contributed by atoms with Crippen molar-refractivity contribution in [2.45, 2.75) is 0 Å². The molecule has 0 spiro atoms. The highest BCUT2D eigenvalue weighted by atomic mass is 16.1. The summed E-state index contributed by atoms with van der Waals surface area (Å²) in [6.45, 7) is 0. The molecule has 10 aromatic rings. The fourth-order valence-corrected chi connectivity index (χ4v) is 7.52. The van der Waals surface area contributed by atoms with E-state index in [1.807, 2.05) is 0 Å². The normalized spacial score (nSPS) is 12.2. The van der Waals surface area contributed by atoms with Crippen LogP contribution in [0.1, 0.15) is 10.4 Å². The zero-order chi connectivity index (χ0) is 29.8. The van der Waals surface area contributed by atoms with Crippen molar-refractivity contribution in [3.63, 3.8) is 0 Å². The van der Waals surface area contributed by atoms with Crippen molar-refractivity contribution in [2.24, 2.45) is 5.73 Å². The second-order valence-electron chi connectivity index (χ2n) is 12.5. The predicted molar refractivity (Wildman–Crippen MR) is 193 cm³/mol. The number of primary amides is 1. The third kappa shape index (κ3) is 3.66. The van der Waals surface area contributed by atoms with Crippen molar-refractivity contribution in [1.29, 1.82) is 0 Å². The SMILES string of the molecule is NC(=O)c1c2cc3cc4cc5ccccc5cc4cc3cc2cc2cc3cc4cc5cc6ccccc6cc5cc4cc3cc12. The minimum atomic E-state index is -0.408. The van der Waals surface area contributed by atoms with Gasteiger partial charge in [-0.05, 0) is 188 Å². The third-order valence-electron chi connectivity index (χ3n) is 9.71. The predicted octanol–water partition coefficient (Wildman–Crippen LogP) is 11.2. The summed E-state index contributed by atoms with van der Waals surface area (Å²) in [5.74, 6) is -0.408. The van der Waals surface area contributed by atoms with Gasteiger partial charge in [-0.3, -0.25) is 4.79 Å². The Kier molecular flexibility index (Phi) is 4.77. The summed E-state index contributed by atoms with van der Waals surface area (Å²) >= 11 is 0.